The van der Waals surface area contributed by atoms with Crippen molar-refractivity contribution < 1.29 is 9.53 Å². The number of ether oxygens (including phenoxy) is 1. The predicted octanol–water partition coefficient (Wildman–Crippen LogP) is 5.24. The molecule has 1 atom stereocenters. The Balaban J connectivity index is 0.00000149. The summed E-state index contributed by atoms with van der Waals surface area (Å²) in [5, 5.41) is 5.99. The monoisotopic (exact) mass is 450 g/mol. The van der Waals surface area contributed by atoms with Crippen LogP contribution >= 0.6 is 0 Å². The molecule has 1 aliphatic heterocycles. The van der Waals surface area contributed by atoms with E-state index in [2.05, 4.69) is 36.6 Å². The Morgan fingerprint density at radius 1 is 1.18 bits per heavy atom. The fourth-order valence-corrected chi connectivity index (χ4v) is 3.37. The van der Waals surface area contributed by atoms with Crippen molar-refractivity contribution in [1.82, 2.24) is 20.3 Å². The third kappa shape index (κ3) is 7.10. The second kappa shape index (κ2) is 10.6. The van der Waals surface area contributed by atoms with E-state index in [0.29, 0.717) is 24.2 Å². The predicted molar refractivity (Wildman–Crippen MR) is 131 cm³/mol. The summed E-state index contributed by atoms with van der Waals surface area (Å²) >= 11 is 0. The molecular formula is C25H34N6O2. The number of alkyl carbamates (subject to hydrolysis) is 1. The maximum atomic E-state index is 12.0. The van der Waals surface area contributed by atoms with Gasteiger partial charge in [0.15, 0.2) is 5.82 Å². The Morgan fingerprint density at radius 3 is 2.58 bits per heavy atom. The lowest BCUT2D eigenvalue weighted by Gasteiger charge is -2.20. The topological polar surface area (TPSA) is 101 Å². The zero-order valence-electron chi connectivity index (χ0n) is 20.3. The Hall–Kier alpha value is -3.29. The standard InChI is InChI=1S/C23H28N6O2.C2H6/c1-14-5-10-19(27-14)28-21-26-13-25-20(29-21)16-8-9-17(18(11-16)15-6-7-15)12-24-22(30)31-23(2,3)4;1-2/h5,8-11,13-15H,6-7,12H2,1-4H3,(H,24,30)(H,25,26,27,28,29);1-2H3. The van der Waals surface area contributed by atoms with Gasteiger partial charge < -0.3 is 15.4 Å². The van der Waals surface area contributed by atoms with Gasteiger partial charge in [-0.05, 0) is 69.7 Å². The van der Waals surface area contributed by atoms with Gasteiger partial charge in [0.25, 0.3) is 0 Å². The fraction of sp³-hybridized carbons (Fsp3) is 0.480. The van der Waals surface area contributed by atoms with Gasteiger partial charge in [-0.25, -0.2) is 14.8 Å². The molecule has 8 heteroatoms. The highest BCUT2D eigenvalue weighted by atomic mass is 16.6. The summed E-state index contributed by atoms with van der Waals surface area (Å²) in [6, 6.07) is 6.29. The molecule has 1 unspecified atom stereocenters. The lowest BCUT2D eigenvalue weighted by molar-refractivity contribution is 0.0523. The number of anilines is 1. The first kappa shape index (κ1) is 24.4. The molecule has 1 fully saturated rings. The number of aliphatic imine (C=N–C) groups is 1. The van der Waals surface area contributed by atoms with Crippen molar-refractivity contribution >= 4 is 17.9 Å². The molecule has 1 amide bonds. The minimum Gasteiger partial charge on any atom is -0.444 e. The SMILES string of the molecule is CC.CC1C=CC(Nc2ncnc(-c3ccc(CNC(=O)OC(C)(C)C)c(C4CC4)c3)n2)=N1. The van der Waals surface area contributed by atoms with Gasteiger partial charge in [0.2, 0.25) is 5.95 Å². The first-order valence-corrected chi connectivity index (χ1v) is 11.6. The number of amides is 1. The van der Waals surface area contributed by atoms with E-state index in [1.165, 1.54) is 11.9 Å². The normalized spacial score (nSPS) is 17.0. The average Bonchev–Trinajstić information content (AvgIpc) is 3.54. The summed E-state index contributed by atoms with van der Waals surface area (Å²) in [6.07, 6.45) is 7.32. The third-order valence-electron chi connectivity index (χ3n) is 4.93. The molecule has 176 valence electrons. The number of aromatic nitrogens is 3. The Morgan fingerprint density at radius 2 is 1.94 bits per heavy atom. The number of hydrogen-bond acceptors (Lipinski definition) is 7. The zero-order chi connectivity index (χ0) is 24.0. The number of amidine groups is 1. The molecule has 0 saturated heterocycles. The quantitative estimate of drug-likeness (QED) is 0.646. The van der Waals surface area contributed by atoms with Crippen LogP contribution < -0.4 is 10.6 Å². The van der Waals surface area contributed by atoms with Crippen molar-refractivity contribution in [3.8, 4) is 11.4 Å². The molecule has 33 heavy (non-hydrogen) atoms. The molecule has 2 heterocycles. The third-order valence-corrected chi connectivity index (χ3v) is 4.93. The molecule has 1 aliphatic carbocycles. The zero-order valence-corrected chi connectivity index (χ0v) is 20.3. The Kier molecular flexibility index (Phi) is 7.79. The lowest BCUT2D eigenvalue weighted by atomic mass is 9.99. The lowest BCUT2D eigenvalue weighted by Crippen LogP contribution is -2.32. The first-order chi connectivity index (χ1) is 15.8. The summed E-state index contributed by atoms with van der Waals surface area (Å²) in [7, 11) is 0. The van der Waals surface area contributed by atoms with Gasteiger partial charge in [0.1, 0.15) is 17.8 Å². The van der Waals surface area contributed by atoms with Gasteiger partial charge in [-0.1, -0.05) is 32.1 Å². The van der Waals surface area contributed by atoms with Crippen molar-refractivity contribution in [3.63, 3.8) is 0 Å². The highest BCUT2D eigenvalue weighted by Gasteiger charge is 2.27. The van der Waals surface area contributed by atoms with Crippen molar-refractivity contribution in [2.75, 3.05) is 5.32 Å². The minimum atomic E-state index is -0.518. The van der Waals surface area contributed by atoms with Crippen molar-refractivity contribution in [2.45, 2.75) is 78.5 Å². The molecule has 0 bridgehead atoms. The number of nitrogens with zero attached hydrogens (tertiary/aromatic N) is 4. The van der Waals surface area contributed by atoms with Crippen LogP contribution in [0.5, 0.6) is 0 Å². The second-order valence-corrected chi connectivity index (χ2v) is 8.92. The number of rotatable bonds is 5. The van der Waals surface area contributed by atoms with E-state index in [-0.39, 0.29) is 6.04 Å². The Labute approximate surface area is 196 Å². The highest BCUT2D eigenvalue weighted by molar-refractivity contribution is 6.04. The second-order valence-electron chi connectivity index (χ2n) is 8.92. The molecule has 8 nitrogen and oxygen atoms in total. The van der Waals surface area contributed by atoms with Crippen LogP contribution in [0.3, 0.4) is 0 Å². The molecule has 4 rings (SSSR count). The van der Waals surface area contributed by atoms with Gasteiger partial charge in [-0.2, -0.15) is 4.98 Å². The number of nitrogens with one attached hydrogen (secondary N) is 2. The smallest absolute Gasteiger partial charge is 0.407 e. The van der Waals surface area contributed by atoms with E-state index in [9.17, 15) is 4.79 Å². The van der Waals surface area contributed by atoms with Gasteiger partial charge in [-0.3, -0.25) is 4.99 Å². The van der Waals surface area contributed by atoms with E-state index in [1.807, 2.05) is 65.8 Å². The Bertz CT molecular complexity index is 1040. The molecule has 2 aromatic rings. The van der Waals surface area contributed by atoms with Crippen molar-refractivity contribution in [2.24, 2.45) is 4.99 Å². The highest BCUT2D eigenvalue weighted by Crippen LogP contribution is 2.42. The van der Waals surface area contributed by atoms with Crippen LogP contribution in [-0.2, 0) is 11.3 Å². The van der Waals surface area contributed by atoms with Gasteiger partial charge in [0.05, 0.1) is 6.04 Å². The van der Waals surface area contributed by atoms with Crippen molar-refractivity contribution in [3.05, 3.63) is 47.8 Å². The summed E-state index contributed by atoms with van der Waals surface area (Å²) in [5.74, 6) is 2.31. The molecule has 2 aliphatic rings. The number of hydrogen-bond donors (Lipinski definition) is 2. The minimum absolute atomic E-state index is 0.159. The summed E-state index contributed by atoms with van der Waals surface area (Å²) in [5.41, 5.74) is 2.71. The summed E-state index contributed by atoms with van der Waals surface area (Å²) in [4.78, 5) is 29.6. The van der Waals surface area contributed by atoms with Gasteiger partial charge >= 0.3 is 6.09 Å². The maximum Gasteiger partial charge on any atom is 0.407 e. The van der Waals surface area contributed by atoms with Crippen LogP contribution in [0.4, 0.5) is 10.7 Å². The van der Waals surface area contributed by atoms with E-state index in [1.54, 1.807) is 0 Å². The van der Waals surface area contributed by atoms with E-state index >= 15 is 0 Å². The van der Waals surface area contributed by atoms with Crippen LogP contribution in [0.2, 0.25) is 0 Å². The maximum absolute atomic E-state index is 12.0. The van der Waals surface area contributed by atoms with Crippen LogP contribution in [0.1, 0.15) is 71.4 Å². The van der Waals surface area contributed by atoms with Crippen molar-refractivity contribution in [1.29, 1.82) is 0 Å². The number of benzene rings is 1. The van der Waals surface area contributed by atoms with Gasteiger partial charge in [0, 0.05) is 12.1 Å². The molecule has 1 aromatic carbocycles. The van der Waals surface area contributed by atoms with Crippen LogP contribution in [-0.4, -0.2) is 38.5 Å². The van der Waals surface area contributed by atoms with Crippen LogP contribution in [0, 0.1) is 0 Å². The molecule has 2 N–H and O–H groups in total. The van der Waals surface area contributed by atoms with E-state index in [0.717, 1.165) is 29.8 Å². The average molecular weight is 451 g/mol. The van der Waals surface area contributed by atoms with Gasteiger partial charge in [-0.15, -0.1) is 0 Å². The summed E-state index contributed by atoms with van der Waals surface area (Å²) in [6.45, 7) is 12.0. The number of carbonyl (C=O) groups is 1. The first-order valence-electron chi connectivity index (χ1n) is 11.6. The van der Waals surface area contributed by atoms with Crippen LogP contribution in [0.25, 0.3) is 11.4 Å². The molecule has 0 radical (unpaired) electrons. The fourth-order valence-electron chi connectivity index (χ4n) is 3.37. The molecular weight excluding hydrogens is 416 g/mol. The molecule has 0 spiro atoms. The number of carbonyl (C=O) groups excluding carboxylic acids is 1. The van der Waals surface area contributed by atoms with E-state index in [4.69, 9.17) is 4.74 Å². The largest absolute Gasteiger partial charge is 0.444 e. The van der Waals surface area contributed by atoms with E-state index < -0.39 is 11.7 Å². The summed E-state index contributed by atoms with van der Waals surface area (Å²) < 4.78 is 5.34. The molecule has 1 aromatic heterocycles. The molecule has 1 saturated carbocycles. The van der Waals surface area contributed by atoms with Crippen LogP contribution in [0.15, 0.2) is 41.7 Å².